The number of hydrogen-bond donors (Lipinski definition) is 1. The molecule has 1 heterocycles. The highest BCUT2D eigenvalue weighted by molar-refractivity contribution is 6.00. The number of aliphatic hydroxyl groups excluding tert-OH is 1. The molecule has 2 rings (SSSR count). The first-order valence-electron chi connectivity index (χ1n) is 7.36. The third-order valence-electron chi connectivity index (χ3n) is 3.79. The highest BCUT2D eigenvalue weighted by atomic mass is 16.5. The quantitative estimate of drug-likeness (QED) is 0.809. The molecule has 0 saturated carbocycles. The fourth-order valence-electron chi connectivity index (χ4n) is 2.72. The molecule has 0 spiro atoms. The minimum absolute atomic E-state index is 0.0643. The maximum absolute atomic E-state index is 12.5. The molecule has 1 aromatic rings. The molecular weight excluding hydrogens is 254 g/mol. The van der Waals surface area contributed by atoms with Crippen LogP contribution in [0, 0.1) is 0 Å². The van der Waals surface area contributed by atoms with Gasteiger partial charge in [-0.3, -0.25) is 9.69 Å². The molecule has 0 aromatic heterocycles. The fourth-order valence-corrected chi connectivity index (χ4v) is 2.72. The number of ether oxygens (including phenoxy) is 1. The van der Waals surface area contributed by atoms with Gasteiger partial charge in [0.25, 0.3) is 0 Å². The Morgan fingerprint density at radius 3 is 2.95 bits per heavy atom. The van der Waals surface area contributed by atoms with Crippen LogP contribution in [0.5, 0.6) is 5.75 Å². The maximum atomic E-state index is 12.5. The molecule has 1 aromatic carbocycles. The summed E-state index contributed by atoms with van der Waals surface area (Å²) in [6.45, 7) is 3.82. The number of aliphatic hydroxyl groups is 1. The lowest BCUT2D eigenvalue weighted by molar-refractivity contribution is 0.0709. The van der Waals surface area contributed by atoms with E-state index in [-0.39, 0.29) is 18.4 Å². The molecule has 1 saturated heterocycles. The van der Waals surface area contributed by atoms with Gasteiger partial charge in [-0.1, -0.05) is 18.6 Å². The molecular formula is C16H23NO3. The molecule has 1 unspecified atom stereocenters. The Bertz CT molecular complexity index is 447. The lowest BCUT2D eigenvalue weighted by atomic mass is 10.0. The minimum atomic E-state index is 0.0643. The summed E-state index contributed by atoms with van der Waals surface area (Å²) in [5.41, 5.74) is 0.636. The average Bonchev–Trinajstić information content (AvgIpc) is 2.48. The molecule has 4 nitrogen and oxygen atoms in total. The number of carbonyl (C=O) groups is 1. The lowest BCUT2D eigenvalue weighted by Gasteiger charge is -2.34. The molecule has 0 radical (unpaired) electrons. The molecule has 1 aliphatic rings. The third-order valence-corrected chi connectivity index (χ3v) is 3.79. The van der Waals surface area contributed by atoms with Crippen LogP contribution in [0.3, 0.4) is 0 Å². The number of hydrogen-bond acceptors (Lipinski definition) is 4. The van der Waals surface area contributed by atoms with Crippen LogP contribution in [0.1, 0.15) is 36.5 Å². The summed E-state index contributed by atoms with van der Waals surface area (Å²) < 4.78 is 5.51. The number of benzene rings is 1. The molecule has 1 aliphatic heterocycles. The van der Waals surface area contributed by atoms with Gasteiger partial charge in [0.2, 0.25) is 0 Å². The van der Waals surface area contributed by atoms with Crippen LogP contribution in [0.2, 0.25) is 0 Å². The van der Waals surface area contributed by atoms with Gasteiger partial charge in [0, 0.05) is 6.04 Å². The van der Waals surface area contributed by atoms with Crippen molar-refractivity contribution in [3.63, 3.8) is 0 Å². The molecule has 110 valence electrons. The van der Waals surface area contributed by atoms with E-state index in [2.05, 4.69) is 4.90 Å². The van der Waals surface area contributed by atoms with Crippen molar-refractivity contribution in [3.8, 4) is 5.75 Å². The van der Waals surface area contributed by atoms with E-state index in [0.717, 1.165) is 25.8 Å². The van der Waals surface area contributed by atoms with E-state index in [4.69, 9.17) is 4.74 Å². The van der Waals surface area contributed by atoms with E-state index in [1.165, 1.54) is 0 Å². The highest BCUT2D eigenvalue weighted by Crippen LogP contribution is 2.21. The number of para-hydroxylation sites is 1. The van der Waals surface area contributed by atoms with Gasteiger partial charge in [0.1, 0.15) is 5.75 Å². The molecule has 20 heavy (non-hydrogen) atoms. The van der Waals surface area contributed by atoms with E-state index >= 15 is 0 Å². The highest BCUT2D eigenvalue weighted by Gasteiger charge is 2.24. The molecule has 0 aliphatic carbocycles. The van der Waals surface area contributed by atoms with Crippen LogP contribution < -0.4 is 4.74 Å². The molecule has 1 atom stereocenters. The number of Topliss-reactive ketones (excluding diaryl/α,β-unsaturated/α-hetero) is 1. The predicted molar refractivity (Wildman–Crippen MR) is 78.2 cm³/mol. The van der Waals surface area contributed by atoms with Crippen molar-refractivity contribution in [2.45, 2.75) is 32.2 Å². The average molecular weight is 277 g/mol. The first-order valence-corrected chi connectivity index (χ1v) is 7.36. The SMILES string of the molecule is CCOc1ccccc1C(=O)CN1CCCCC1CO. The van der Waals surface area contributed by atoms with Crippen LogP contribution in [0.15, 0.2) is 24.3 Å². The van der Waals surface area contributed by atoms with Crippen molar-refractivity contribution in [2.24, 2.45) is 0 Å². The molecule has 1 fully saturated rings. The summed E-state index contributed by atoms with van der Waals surface area (Å²) in [5, 5.41) is 9.41. The monoisotopic (exact) mass is 277 g/mol. The second kappa shape index (κ2) is 7.41. The van der Waals surface area contributed by atoms with Crippen molar-refractivity contribution >= 4 is 5.78 Å². The Balaban J connectivity index is 2.07. The van der Waals surface area contributed by atoms with Crippen molar-refractivity contribution < 1.29 is 14.6 Å². The smallest absolute Gasteiger partial charge is 0.180 e. The van der Waals surface area contributed by atoms with Gasteiger partial charge >= 0.3 is 0 Å². The van der Waals surface area contributed by atoms with E-state index in [9.17, 15) is 9.90 Å². The van der Waals surface area contributed by atoms with Crippen LogP contribution in [0.25, 0.3) is 0 Å². The number of ketones is 1. The largest absolute Gasteiger partial charge is 0.493 e. The topological polar surface area (TPSA) is 49.8 Å². The fraction of sp³-hybridized carbons (Fsp3) is 0.562. The zero-order chi connectivity index (χ0) is 14.4. The molecule has 0 bridgehead atoms. The zero-order valence-electron chi connectivity index (χ0n) is 12.0. The Morgan fingerprint density at radius 1 is 1.40 bits per heavy atom. The second-order valence-corrected chi connectivity index (χ2v) is 5.16. The maximum Gasteiger partial charge on any atom is 0.180 e. The summed E-state index contributed by atoms with van der Waals surface area (Å²) in [6.07, 6.45) is 3.19. The standard InChI is InChI=1S/C16H23NO3/c1-2-20-16-9-4-3-8-14(16)15(19)11-17-10-6-5-7-13(17)12-18/h3-4,8-9,13,18H,2,5-7,10-12H2,1H3. The Hall–Kier alpha value is -1.39. The summed E-state index contributed by atoms with van der Waals surface area (Å²) in [7, 11) is 0. The molecule has 4 heteroatoms. The number of carbonyl (C=O) groups excluding carboxylic acids is 1. The van der Waals surface area contributed by atoms with E-state index in [0.29, 0.717) is 24.5 Å². The summed E-state index contributed by atoms with van der Waals surface area (Å²) in [6, 6.07) is 7.49. The normalized spacial score (nSPS) is 19.8. The van der Waals surface area contributed by atoms with Crippen LogP contribution in [0.4, 0.5) is 0 Å². The first kappa shape index (κ1) is 15.0. The number of rotatable bonds is 6. The zero-order valence-corrected chi connectivity index (χ0v) is 12.0. The number of nitrogens with zero attached hydrogens (tertiary/aromatic N) is 1. The van der Waals surface area contributed by atoms with Crippen molar-refractivity contribution in [1.29, 1.82) is 0 Å². The Kier molecular flexibility index (Phi) is 5.56. The lowest BCUT2D eigenvalue weighted by Crippen LogP contribution is -2.44. The Morgan fingerprint density at radius 2 is 2.20 bits per heavy atom. The third kappa shape index (κ3) is 3.58. The van der Waals surface area contributed by atoms with Gasteiger partial charge in [0.05, 0.1) is 25.3 Å². The van der Waals surface area contributed by atoms with Crippen molar-refractivity contribution in [2.75, 3.05) is 26.3 Å². The second-order valence-electron chi connectivity index (χ2n) is 5.16. The summed E-state index contributed by atoms with van der Waals surface area (Å²) >= 11 is 0. The minimum Gasteiger partial charge on any atom is -0.493 e. The molecule has 1 N–H and O–H groups in total. The van der Waals surface area contributed by atoms with E-state index in [1.807, 2.05) is 31.2 Å². The first-order chi connectivity index (χ1) is 9.76. The van der Waals surface area contributed by atoms with E-state index in [1.54, 1.807) is 0 Å². The van der Waals surface area contributed by atoms with Gasteiger partial charge in [-0.05, 0) is 38.4 Å². The van der Waals surface area contributed by atoms with Gasteiger partial charge in [0.15, 0.2) is 5.78 Å². The molecule has 0 amide bonds. The van der Waals surface area contributed by atoms with Crippen LogP contribution in [-0.2, 0) is 0 Å². The number of likely N-dealkylation sites (tertiary alicyclic amines) is 1. The van der Waals surface area contributed by atoms with Gasteiger partial charge < -0.3 is 9.84 Å². The van der Waals surface area contributed by atoms with Gasteiger partial charge in [-0.15, -0.1) is 0 Å². The van der Waals surface area contributed by atoms with Gasteiger partial charge in [-0.2, -0.15) is 0 Å². The van der Waals surface area contributed by atoms with Crippen LogP contribution in [-0.4, -0.2) is 48.1 Å². The predicted octanol–water partition coefficient (Wildman–Crippen LogP) is 2.11. The number of piperidine rings is 1. The van der Waals surface area contributed by atoms with Crippen LogP contribution >= 0.6 is 0 Å². The van der Waals surface area contributed by atoms with Crippen molar-refractivity contribution in [1.82, 2.24) is 4.90 Å². The summed E-state index contributed by atoms with van der Waals surface area (Å²) in [4.78, 5) is 14.6. The Labute approximate surface area is 120 Å². The van der Waals surface area contributed by atoms with E-state index < -0.39 is 0 Å². The van der Waals surface area contributed by atoms with Gasteiger partial charge in [-0.25, -0.2) is 0 Å². The summed E-state index contributed by atoms with van der Waals surface area (Å²) in [5.74, 6) is 0.715. The van der Waals surface area contributed by atoms with Crippen molar-refractivity contribution in [3.05, 3.63) is 29.8 Å².